The molecular weight excluding hydrogens is 210 g/mol. The molecular formula is C14H13N3. The standard InChI is InChI=1S/C14H13N3/c15-9-4-11-17(12-5-10-16)13-8-14-6-2-1-3-7-14/h1-3,6-7H,4-5,11-12H2. The van der Waals surface area contributed by atoms with Gasteiger partial charge in [-0.05, 0) is 18.1 Å². The van der Waals surface area contributed by atoms with Crippen LogP contribution in [0.1, 0.15) is 18.4 Å². The van der Waals surface area contributed by atoms with Crippen molar-refractivity contribution in [2.24, 2.45) is 0 Å². The van der Waals surface area contributed by atoms with E-state index >= 15 is 0 Å². The molecule has 0 amide bonds. The molecule has 1 aromatic rings. The minimum absolute atomic E-state index is 0.425. The van der Waals surface area contributed by atoms with Crippen LogP contribution in [-0.2, 0) is 0 Å². The van der Waals surface area contributed by atoms with Gasteiger partial charge >= 0.3 is 0 Å². The van der Waals surface area contributed by atoms with Gasteiger partial charge in [-0.3, -0.25) is 0 Å². The molecule has 0 fully saturated rings. The Morgan fingerprint density at radius 3 is 2.06 bits per heavy atom. The number of hydrogen-bond acceptors (Lipinski definition) is 3. The molecule has 0 radical (unpaired) electrons. The van der Waals surface area contributed by atoms with Crippen molar-refractivity contribution in [3.05, 3.63) is 35.9 Å². The molecule has 0 aromatic heterocycles. The highest BCUT2D eigenvalue weighted by Gasteiger charge is 1.98. The van der Waals surface area contributed by atoms with Gasteiger partial charge in [-0.25, -0.2) is 0 Å². The molecule has 3 heteroatoms. The van der Waals surface area contributed by atoms with Crippen LogP contribution in [0.15, 0.2) is 30.3 Å². The van der Waals surface area contributed by atoms with Crippen molar-refractivity contribution < 1.29 is 0 Å². The fourth-order valence-corrected chi connectivity index (χ4v) is 1.26. The number of nitriles is 2. The summed E-state index contributed by atoms with van der Waals surface area (Å²) in [4.78, 5) is 1.82. The Bertz CT molecular complexity index is 450. The average molecular weight is 223 g/mol. The summed E-state index contributed by atoms with van der Waals surface area (Å²) in [6.07, 6.45) is 0.851. The van der Waals surface area contributed by atoms with Gasteiger partial charge in [0.1, 0.15) is 0 Å². The fourth-order valence-electron chi connectivity index (χ4n) is 1.26. The van der Waals surface area contributed by atoms with Crippen LogP contribution < -0.4 is 0 Å². The van der Waals surface area contributed by atoms with Gasteiger partial charge < -0.3 is 4.90 Å². The fraction of sp³-hybridized carbons (Fsp3) is 0.286. The van der Waals surface area contributed by atoms with Crippen molar-refractivity contribution in [3.63, 3.8) is 0 Å². The molecule has 0 spiro atoms. The van der Waals surface area contributed by atoms with Crippen molar-refractivity contribution >= 4 is 0 Å². The molecule has 0 bridgehead atoms. The zero-order valence-electron chi connectivity index (χ0n) is 9.56. The Kier molecular flexibility index (Phi) is 5.79. The predicted octanol–water partition coefficient (Wildman–Crippen LogP) is 2.12. The molecule has 84 valence electrons. The SMILES string of the molecule is N#CCCN(C#Cc1ccccc1)CCC#N. The molecule has 0 aliphatic rings. The Balaban J connectivity index is 2.63. The van der Waals surface area contributed by atoms with Crippen molar-refractivity contribution in [1.82, 2.24) is 4.90 Å². The third-order valence-electron chi connectivity index (χ3n) is 2.12. The monoisotopic (exact) mass is 223 g/mol. The van der Waals surface area contributed by atoms with E-state index in [-0.39, 0.29) is 0 Å². The van der Waals surface area contributed by atoms with Gasteiger partial charge in [0.25, 0.3) is 0 Å². The van der Waals surface area contributed by atoms with Gasteiger partial charge in [0, 0.05) is 24.7 Å². The molecule has 1 rings (SSSR count). The second-order valence-electron chi connectivity index (χ2n) is 3.41. The second-order valence-corrected chi connectivity index (χ2v) is 3.41. The van der Waals surface area contributed by atoms with E-state index in [4.69, 9.17) is 10.5 Å². The van der Waals surface area contributed by atoms with E-state index in [0.29, 0.717) is 25.9 Å². The van der Waals surface area contributed by atoms with Gasteiger partial charge in [0.15, 0.2) is 0 Å². The zero-order valence-corrected chi connectivity index (χ0v) is 9.56. The molecule has 17 heavy (non-hydrogen) atoms. The third kappa shape index (κ3) is 5.26. The molecule has 0 aliphatic carbocycles. The predicted molar refractivity (Wildman–Crippen MR) is 65.4 cm³/mol. The Labute approximate surface area is 102 Å². The largest absolute Gasteiger partial charge is 0.330 e. The van der Waals surface area contributed by atoms with E-state index in [9.17, 15) is 0 Å². The van der Waals surface area contributed by atoms with Crippen molar-refractivity contribution in [2.45, 2.75) is 12.8 Å². The van der Waals surface area contributed by atoms with Crippen LogP contribution in [0, 0.1) is 34.6 Å². The summed E-state index contributed by atoms with van der Waals surface area (Å²) in [7, 11) is 0. The van der Waals surface area contributed by atoms with Crippen LogP contribution in [0.4, 0.5) is 0 Å². The first-order valence-corrected chi connectivity index (χ1v) is 5.42. The average Bonchev–Trinajstić information content (AvgIpc) is 2.39. The Morgan fingerprint density at radius 2 is 1.53 bits per heavy atom. The molecule has 0 aliphatic heterocycles. The van der Waals surface area contributed by atoms with Crippen molar-refractivity contribution in [2.75, 3.05) is 13.1 Å². The molecule has 0 unspecified atom stereocenters. The Hall–Kier alpha value is -2.44. The van der Waals surface area contributed by atoms with Gasteiger partial charge in [-0.2, -0.15) is 10.5 Å². The van der Waals surface area contributed by atoms with Crippen LogP contribution in [0.5, 0.6) is 0 Å². The summed E-state index contributed by atoms with van der Waals surface area (Å²) in [5.74, 6) is 3.02. The summed E-state index contributed by atoms with van der Waals surface area (Å²) >= 11 is 0. The maximum absolute atomic E-state index is 8.54. The summed E-state index contributed by atoms with van der Waals surface area (Å²) in [6, 6.07) is 16.8. The maximum atomic E-state index is 8.54. The van der Waals surface area contributed by atoms with E-state index in [1.807, 2.05) is 35.2 Å². The summed E-state index contributed by atoms with van der Waals surface area (Å²) < 4.78 is 0. The van der Waals surface area contributed by atoms with E-state index in [2.05, 4.69) is 24.1 Å². The van der Waals surface area contributed by atoms with Crippen LogP contribution in [0.25, 0.3) is 0 Å². The van der Waals surface area contributed by atoms with Gasteiger partial charge in [-0.1, -0.05) is 18.2 Å². The molecule has 0 N–H and O–H groups in total. The lowest BCUT2D eigenvalue weighted by Crippen LogP contribution is -2.20. The van der Waals surface area contributed by atoms with Gasteiger partial charge in [-0.15, -0.1) is 0 Å². The molecule has 0 saturated carbocycles. The lowest BCUT2D eigenvalue weighted by molar-refractivity contribution is 0.416. The van der Waals surface area contributed by atoms with E-state index in [1.165, 1.54) is 0 Å². The highest BCUT2D eigenvalue weighted by molar-refractivity contribution is 5.33. The first-order chi connectivity index (χ1) is 8.36. The van der Waals surface area contributed by atoms with Crippen LogP contribution in [0.3, 0.4) is 0 Å². The third-order valence-corrected chi connectivity index (χ3v) is 2.12. The number of nitrogens with zero attached hydrogens (tertiary/aromatic N) is 3. The number of rotatable bonds is 4. The smallest absolute Gasteiger partial charge is 0.0640 e. The topological polar surface area (TPSA) is 50.8 Å². The minimum Gasteiger partial charge on any atom is -0.330 e. The highest BCUT2D eigenvalue weighted by atomic mass is 15.1. The van der Waals surface area contributed by atoms with E-state index in [0.717, 1.165) is 5.56 Å². The Morgan fingerprint density at radius 1 is 0.941 bits per heavy atom. The summed E-state index contributed by atoms with van der Waals surface area (Å²) in [5, 5.41) is 17.1. The number of hydrogen-bond donors (Lipinski definition) is 0. The molecule has 1 aromatic carbocycles. The van der Waals surface area contributed by atoms with Crippen LogP contribution in [0.2, 0.25) is 0 Å². The van der Waals surface area contributed by atoms with Crippen LogP contribution in [-0.4, -0.2) is 18.0 Å². The van der Waals surface area contributed by atoms with Crippen LogP contribution >= 0.6 is 0 Å². The molecule has 0 atom stereocenters. The lowest BCUT2D eigenvalue weighted by atomic mass is 10.2. The molecule has 0 heterocycles. The summed E-state index contributed by atoms with van der Waals surface area (Å²) in [6.45, 7) is 1.16. The summed E-state index contributed by atoms with van der Waals surface area (Å²) in [5.41, 5.74) is 0.936. The van der Waals surface area contributed by atoms with Crippen molar-refractivity contribution in [1.29, 1.82) is 10.5 Å². The minimum atomic E-state index is 0.425. The van der Waals surface area contributed by atoms with E-state index < -0.39 is 0 Å². The lowest BCUT2D eigenvalue weighted by Gasteiger charge is -2.13. The molecule has 3 nitrogen and oxygen atoms in total. The quantitative estimate of drug-likeness (QED) is 0.580. The first-order valence-electron chi connectivity index (χ1n) is 5.42. The zero-order chi connectivity index (χ0) is 12.3. The number of benzene rings is 1. The highest BCUT2D eigenvalue weighted by Crippen LogP contribution is 1.97. The van der Waals surface area contributed by atoms with Gasteiger partial charge in [0.2, 0.25) is 0 Å². The maximum Gasteiger partial charge on any atom is 0.0640 e. The normalized spacial score (nSPS) is 8.35. The molecule has 0 saturated heterocycles. The van der Waals surface area contributed by atoms with Crippen molar-refractivity contribution in [3.8, 4) is 24.1 Å². The second kappa shape index (κ2) is 7.80. The van der Waals surface area contributed by atoms with E-state index in [1.54, 1.807) is 0 Å². The first kappa shape index (κ1) is 12.6. The van der Waals surface area contributed by atoms with Gasteiger partial charge in [0.05, 0.1) is 25.0 Å².